The Morgan fingerprint density at radius 1 is 1.00 bits per heavy atom. The molecule has 2 aromatic carbocycles. The largest absolute Gasteiger partial charge is 0.496 e. The van der Waals surface area contributed by atoms with Gasteiger partial charge in [0.2, 0.25) is 0 Å². The Labute approximate surface area is 148 Å². The Kier molecular flexibility index (Phi) is 4.88. The van der Waals surface area contributed by atoms with Crippen LogP contribution in [0.15, 0.2) is 48.5 Å². The van der Waals surface area contributed by atoms with E-state index in [1.54, 1.807) is 19.2 Å². The number of hydrogen-bond donors (Lipinski definition) is 1. The maximum atomic E-state index is 13.1. The van der Waals surface area contributed by atoms with Gasteiger partial charge in [-0.15, -0.1) is 0 Å². The molecule has 0 unspecified atom stereocenters. The molecule has 4 nitrogen and oxygen atoms in total. The molecule has 1 N–H and O–H groups in total. The number of rotatable bonds is 5. The average Bonchev–Trinajstić information content (AvgIpc) is 3.11. The highest BCUT2D eigenvalue weighted by Crippen LogP contribution is 2.33. The lowest BCUT2D eigenvalue weighted by molar-refractivity contribution is 0.0769. The topological polar surface area (TPSA) is 55.4 Å². The van der Waals surface area contributed by atoms with Gasteiger partial charge < -0.3 is 10.1 Å². The lowest BCUT2D eigenvalue weighted by Crippen LogP contribution is -2.52. The van der Waals surface area contributed by atoms with Gasteiger partial charge >= 0.3 is 0 Å². The molecular weight excluding hydrogens is 314 g/mol. The number of ether oxygens (including phenoxy) is 1. The summed E-state index contributed by atoms with van der Waals surface area (Å²) in [4.78, 5) is 26.0. The van der Waals surface area contributed by atoms with E-state index in [0.717, 1.165) is 18.4 Å². The summed E-state index contributed by atoms with van der Waals surface area (Å²) in [5, 5.41) is 3.06. The molecule has 0 spiro atoms. The number of ketones is 1. The average molecular weight is 337 g/mol. The van der Waals surface area contributed by atoms with Crippen LogP contribution in [0.3, 0.4) is 0 Å². The molecule has 0 bridgehead atoms. The van der Waals surface area contributed by atoms with Crippen molar-refractivity contribution in [1.29, 1.82) is 0 Å². The monoisotopic (exact) mass is 337 g/mol. The highest BCUT2D eigenvalue weighted by atomic mass is 16.5. The van der Waals surface area contributed by atoms with Gasteiger partial charge in [0, 0.05) is 16.7 Å². The lowest BCUT2D eigenvalue weighted by Gasteiger charge is -2.29. The van der Waals surface area contributed by atoms with Crippen molar-refractivity contribution in [3.8, 4) is 5.75 Å². The molecule has 0 atom stereocenters. The second kappa shape index (κ2) is 7.09. The first-order chi connectivity index (χ1) is 12.1. The summed E-state index contributed by atoms with van der Waals surface area (Å²) in [6.07, 6.45) is 3.23. The van der Waals surface area contributed by atoms with Crippen molar-refractivity contribution in [2.45, 2.75) is 38.1 Å². The Morgan fingerprint density at radius 2 is 1.68 bits per heavy atom. The van der Waals surface area contributed by atoms with E-state index in [1.807, 2.05) is 43.3 Å². The number of amides is 1. The van der Waals surface area contributed by atoms with Crippen molar-refractivity contribution in [1.82, 2.24) is 5.32 Å². The van der Waals surface area contributed by atoms with Gasteiger partial charge in [0.15, 0.2) is 5.78 Å². The standard InChI is InChI=1S/C21H23NO3/c1-15-17(11-8-12-18(15)25-2)20(24)22-21(13-6-7-14-21)19(23)16-9-4-3-5-10-16/h3-5,8-12H,6-7,13-14H2,1-2H3,(H,22,24). The summed E-state index contributed by atoms with van der Waals surface area (Å²) < 4.78 is 5.30. The quantitative estimate of drug-likeness (QED) is 0.841. The van der Waals surface area contributed by atoms with Crippen molar-refractivity contribution in [2.24, 2.45) is 0 Å². The van der Waals surface area contributed by atoms with Crippen LogP contribution in [0.2, 0.25) is 0 Å². The molecule has 0 radical (unpaired) electrons. The highest BCUT2D eigenvalue weighted by Gasteiger charge is 2.42. The maximum Gasteiger partial charge on any atom is 0.252 e. The van der Waals surface area contributed by atoms with Crippen LogP contribution in [0, 0.1) is 6.92 Å². The molecule has 1 aliphatic carbocycles. The molecule has 0 aromatic heterocycles. The van der Waals surface area contributed by atoms with Crippen molar-refractivity contribution >= 4 is 11.7 Å². The number of nitrogens with one attached hydrogen (secondary N) is 1. The SMILES string of the molecule is COc1cccc(C(=O)NC2(C(=O)c3ccccc3)CCCC2)c1C. The molecule has 2 aromatic rings. The minimum Gasteiger partial charge on any atom is -0.496 e. The van der Waals surface area contributed by atoms with Crippen molar-refractivity contribution in [2.75, 3.05) is 7.11 Å². The predicted octanol–water partition coefficient (Wildman–Crippen LogP) is 3.93. The van der Waals surface area contributed by atoms with E-state index in [1.165, 1.54) is 0 Å². The first-order valence-corrected chi connectivity index (χ1v) is 8.63. The zero-order chi connectivity index (χ0) is 17.9. The highest BCUT2D eigenvalue weighted by molar-refractivity contribution is 6.07. The number of carbonyl (C=O) groups excluding carboxylic acids is 2. The molecule has 3 rings (SSSR count). The van der Waals surface area contributed by atoms with E-state index >= 15 is 0 Å². The van der Waals surface area contributed by atoms with Crippen molar-refractivity contribution < 1.29 is 14.3 Å². The number of carbonyl (C=O) groups is 2. The number of Topliss-reactive ketones (excluding diaryl/α,β-unsaturated/α-hetero) is 1. The summed E-state index contributed by atoms with van der Waals surface area (Å²) in [6, 6.07) is 14.6. The Bertz CT molecular complexity index is 777. The van der Waals surface area contributed by atoms with Gasteiger partial charge in [-0.2, -0.15) is 0 Å². The summed E-state index contributed by atoms with van der Waals surface area (Å²) >= 11 is 0. The van der Waals surface area contributed by atoms with Crippen molar-refractivity contribution in [3.05, 3.63) is 65.2 Å². The van der Waals surface area contributed by atoms with E-state index in [0.29, 0.717) is 29.7 Å². The number of benzene rings is 2. The molecule has 0 saturated heterocycles. The summed E-state index contributed by atoms with van der Waals surface area (Å²) in [5.41, 5.74) is 1.16. The van der Waals surface area contributed by atoms with Crippen LogP contribution in [0.1, 0.15) is 52.0 Å². The van der Waals surface area contributed by atoms with Crippen molar-refractivity contribution in [3.63, 3.8) is 0 Å². The van der Waals surface area contributed by atoms with E-state index in [4.69, 9.17) is 4.74 Å². The van der Waals surface area contributed by atoms with Gasteiger partial charge in [0.25, 0.3) is 5.91 Å². The van der Waals surface area contributed by atoms with Crippen LogP contribution in [-0.2, 0) is 0 Å². The van der Waals surface area contributed by atoms with Gasteiger partial charge in [0.1, 0.15) is 11.3 Å². The third kappa shape index (κ3) is 3.29. The molecular formula is C21H23NO3. The third-order valence-corrected chi connectivity index (χ3v) is 5.03. The smallest absolute Gasteiger partial charge is 0.252 e. The number of hydrogen-bond acceptors (Lipinski definition) is 3. The first-order valence-electron chi connectivity index (χ1n) is 8.63. The van der Waals surface area contributed by atoms with Gasteiger partial charge in [-0.05, 0) is 31.9 Å². The molecule has 1 aliphatic rings. The molecule has 0 heterocycles. The van der Waals surface area contributed by atoms with E-state index in [9.17, 15) is 9.59 Å². The second-order valence-corrected chi connectivity index (χ2v) is 6.57. The van der Waals surface area contributed by atoms with Crippen LogP contribution in [-0.4, -0.2) is 24.3 Å². The first kappa shape index (κ1) is 17.2. The zero-order valence-corrected chi connectivity index (χ0v) is 14.7. The molecule has 0 aliphatic heterocycles. The van der Waals surface area contributed by atoms with Gasteiger partial charge in [-0.25, -0.2) is 0 Å². The normalized spacial score (nSPS) is 15.6. The fourth-order valence-electron chi connectivity index (χ4n) is 3.62. The van der Waals surface area contributed by atoms with Crippen LogP contribution in [0.4, 0.5) is 0 Å². The Hall–Kier alpha value is -2.62. The van der Waals surface area contributed by atoms with Gasteiger partial charge in [-0.3, -0.25) is 9.59 Å². The zero-order valence-electron chi connectivity index (χ0n) is 14.7. The summed E-state index contributed by atoms with van der Waals surface area (Å²) in [6.45, 7) is 1.86. The maximum absolute atomic E-state index is 13.1. The van der Waals surface area contributed by atoms with E-state index in [2.05, 4.69) is 5.32 Å². The summed E-state index contributed by atoms with van der Waals surface area (Å²) in [5.74, 6) is 0.449. The van der Waals surface area contributed by atoms with Gasteiger partial charge in [-0.1, -0.05) is 49.2 Å². The molecule has 4 heteroatoms. The molecule has 1 fully saturated rings. The fourth-order valence-corrected chi connectivity index (χ4v) is 3.62. The van der Waals surface area contributed by atoms with Crippen LogP contribution in [0.5, 0.6) is 5.75 Å². The minimum atomic E-state index is -0.812. The van der Waals surface area contributed by atoms with Gasteiger partial charge in [0.05, 0.1) is 7.11 Å². The molecule has 1 amide bonds. The van der Waals surface area contributed by atoms with E-state index < -0.39 is 5.54 Å². The Balaban J connectivity index is 1.90. The lowest BCUT2D eigenvalue weighted by atomic mass is 9.87. The molecule has 1 saturated carbocycles. The second-order valence-electron chi connectivity index (χ2n) is 6.57. The van der Waals surface area contributed by atoms with E-state index in [-0.39, 0.29) is 11.7 Å². The molecule has 130 valence electrons. The minimum absolute atomic E-state index is 0.000464. The van der Waals surface area contributed by atoms with Crippen LogP contribution >= 0.6 is 0 Å². The van der Waals surface area contributed by atoms with Crippen LogP contribution in [0.25, 0.3) is 0 Å². The number of methoxy groups -OCH3 is 1. The predicted molar refractivity (Wildman–Crippen MR) is 97.2 cm³/mol. The fraction of sp³-hybridized carbons (Fsp3) is 0.333. The van der Waals surface area contributed by atoms with Crippen LogP contribution < -0.4 is 10.1 Å². The third-order valence-electron chi connectivity index (χ3n) is 5.03. The molecule has 25 heavy (non-hydrogen) atoms. The Morgan fingerprint density at radius 3 is 2.32 bits per heavy atom. The summed E-state index contributed by atoms with van der Waals surface area (Å²) in [7, 11) is 1.58.